The van der Waals surface area contributed by atoms with Crippen LogP contribution in [0.4, 0.5) is 5.69 Å². The fourth-order valence-corrected chi connectivity index (χ4v) is 3.16. The molecule has 0 bridgehead atoms. The summed E-state index contributed by atoms with van der Waals surface area (Å²) in [7, 11) is 0. The number of hydrogen-bond acceptors (Lipinski definition) is 4. The summed E-state index contributed by atoms with van der Waals surface area (Å²) >= 11 is 3.21. The zero-order valence-corrected chi connectivity index (χ0v) is 13.8. The number of anilines is 1. The molecule has 0 saturated carbocycles. The van der Waals surface area contributed by atoms with Crippen molar-refractivity contribution in [1.29, 1.82) is 0 Å². The van der Waals surface area contributed by atoms with Crippen molar-refractivity contribution >= 4 is 41.1 Å². The lowest BCUT2D eigenvalue weighted by Gasteiger charge is -2.07. The molecule has 0 aliphatic rings. The first kappa shape index (κ1) is 17.9. The lowest BCUT2D eigenvalue weighted by Crippen LogP contribution is -2.14. The minimum absolute atomic E-state index is 0.0177. The van der Waals surface area contributed by atoms with E-state index in [1.54, 1.807) is 23.5 Å². The number of hydrogen-bond donors (Lipinski definition) is 2. The van der Waals surface area contributed by atoms with Crippen LogP contribution in [0.3, 0.4) is 0 Å². The monoisotopic (exact) mass is 327 g/mol. The van der Waals surface area contributed by atoms with Crippen LogP contribution in [-0.4, -0.2) is 34.2 Å². The molecule has 116 valence electrons. The van der Waals surface area contributed by atoms with Gasteiger partial charge < -0.3 is 10.4 Å². The van der Waals surface area contributed by atoms with Gasteiger partial charge in [0.15, 0.2) is 0 Å². The topological polar surface area (TPSA) is 66.4 Å². The van der Waals surface area contributed by atoms with E-state index in [1.807, 2.05) is 24.3 Å². The molecule has 0 heterocycles. The highest BCUT2D eigenvalue weighted by Crippen LogP contribution is 2.17. The van der Waals surface area contributed by atoms with E-state index in [1.165, 1.54) is 0 Å². The SMILES string of the molecule is CCCSCC(=O)Nc1cccc(CSCCC(=O)O)c1. The molecule has 6 heteroatoms. The molecule has 0 unspecified atom stereocenters. The first-order chi connectivity index (χ1) is 10.1. The Morgan fingerprint density at radius 3 is 2.76 bits per heavy atom. The number of benzene rings is 1. The van der Waals surface area contributed by atoms with E-state index in [0.717, 1.165) is 29.2 Å². The number of thioether (sulfide) groups is 2. The largest absolute Gasteiger partial charge is 0.481 e. The average molecular weight is 327 g/mol. The first-order valence-electron chi connectivity index (χ1n) is 6.88. The van der Waals surface area contributed by atoms with Crippen LogP contribution in [0.2, 0.25) is 0 Å². The molecule has 21 heavy (non-hydrogen) atoms. The molecule has 2 N–H and O–H groups in total. The van der Waals surface area contributed by atoms with Crippen LogP contribution in [-0.2, 0) is 15.3 Å². The Hall–Kier alpha value is -1.14. The van der Waals surface area contributed by atoms with Crippen LogP contribution in [0.15, 0.2) is 24.3 Å². The van der Waals surface area contributed by atoms with Gasteiger partial charge in [-0.25, -0.2) is 0 Å². The number of carboxylic acids is 1. The molecule has 0 fully saturated rings. The van der Waals surface area contributed by atoms with Crippen molar-refractivity contribution in [2.45, 2.75) is 25.5 Å². The lowest BCUT2D eigenvalue weighted by atomic mass is 10.2. The molecule has 4 nitrogen and oxygen atoms in total. The Labute approximate surface area is 134 Å². The third kappa shape index (κ3) is 8.67. The molecule has 0 aliphatic heterocycles. The smallest absolute Gasteiger partial charge is 0.304 e. The van der Waals surface area contributed by atoms with Crippen LogP contribution in [0.25, 0.3) is 0 Å². The molecule has 1 rings (SSSR count). The molecule has 1 amide bonds. The molecular weight excluding hydrogens is 306 g/mol. The van der Waals surface area contributed by atoms with Gasteiger partial charge in [-0.05, 0) is 29.9 Å². The van der Waals surface area contributed by atoms with Gasteiger partial charge >= 0.3 is 5.97 Å². The summed E-state index contributed by atoms with van der Waals surface area (Å²) in [6.07, 6.45) is 1.25. The molecular formula is C15H21NO3S2. The van der Waals surface area contributed by atoms with Crippen molar-refractivity contribution in [2.24, 2.45) is 0 Å². The molecule has 1 aromatic carbocycles. The van der Waals surface area contributed by atoms with E-state index in [9.17, 15) is 9.59 Å². The summed E-state index contributed by atoms with van der Waals surface area (Å²) in [6.45, 7) is 2.09. The summed E-state index contributed by atoms with van der Waals surface area (Å²) < 4.78 is 0. The Balaban J connectivity index is 2.37. The van der Waals surface area contributed by atoms with Gasteiger partial charge in [0.25, 0.3) is 0 Å². The van der Waals surface area contributed by atoms with Gasteiger partial charge in [-0.1, -0.05) is 19.1 Å². The fourth-order valence-electron chi connectivity index (χ4n) is 1.59. The van der Waals surface area contributed by atoms with Crippen LogP contribution in [0.1, 0.15) is 25.3 Å². The zero-order chi connectivity index (χ0) is 15.5. The van der Waals surface area contributed by atoms with Gasteiger partial charge in [-0.15, -0.1) is 0 Å². The van der Waals surface area contributed by atoms with Gasteiger partial charge in [-0.2, -0.15) is 23.5 Å². The summed E-state index contributed by atoms with van der Waals surface area (Å²) in [5.41, 5.74) is 1.89. The van der Waals surface area contributed by atoms with Crippen molar-refractivity contribution in [3.8, 4) is 0 Å². The number of rotatable bonds is 10. The van der Waals surface area contributed by atoms with Crippen molar-refractivity contribution in [2.75, 3.05) is 22.6 Å². The van der Waals surface area contributed by atoms with Gasteiger partial charge in [0.05, 0.1) is 12.2 Å². The highest BCUT2D eigenvalue weighted by atomic mass is 32.2. The van der Waals surface area contributed by atoms with E-state index >= 15 is 0 Å². The van der Waals surface area contributed by atoms with Gasteiger partial charge in [-0.3, -0.25) is 9.59 Å². The highest BCUT2D eigenvalue weighted by molar-refractivity contribution is 7.99. The molecule has 0 aromatic heterocycles. The minimum atomic E-state index is -0.770. The second-order valence-electron chi connectivity index (χ2n) is 4.50. The number of amides is 1. The van der Waals surface area contributed by atoms with Crippen LogP contribution < -0.4 is 5.32 Å². The summed E-state index contributed by atoms with van der Waals surface area (Å²) in [5, 5.41) is 11.5. The predicted octanol–water partition coefficient (Wildman–Crippen LogP) is 3.48. The number of carbonyl (C=O) groups is 2. The molecule has 0 spiro atoms. The average Bonchev–Trinajstić information content (AvgIpc) is 2.44. The Bertz CT molecular complexity index is 466. The van der Waals surface area contributed by atoms with E-state index in [0.29, 0.717) is 11.5 Å². The van der Waals surface area contributed by atoms with Crippen LogP contribution >= 0.6 is 23.5 Å². The second kappa shape index (κ2) is 10.6. The van der Waals surface area contributed by atoms with Gasteiger partial charge in [0.2, 0.25) is 5.91 Å². The Morgan fingerprint density at radius 2 is 2.05 bits per heavy atom. The van der Waals surface area contributed by atoms with Crippen molar-refractivity contribution in [3.63, 3.8) is 0 Å². The van der Waals surface area contributed by atoms with Gasteiger partial charge in [0.1, 0.15) is 0 Å². The molecule has 1 aromatic rings. The van der Waals surface area contributed by atoms with E-state index in [-0.39, 0.29) is 12.3 Å². The number of carbonyl (C=O) groups excluding carboxylic acids is 1. The summed E-state index contributed by atoms with van der Waals surface area (Å²) in [4.78, 5) is 22.2. The molecule has 0 radical (unpaired) electrons. The normalized spacial score (nSPS) is 10.3. The maximum absolute atomic E-state index is 11.7. The minimum Gasteiger partial charge on any atom is -0.481 e. The number of nitrogens with one attached hydrogen (secondary N) is 1. The molecule has 0 aliphatic carbocycles. The highest BCUT2D eigenvalue weighted by Gasteiger charge is 2.03. The second-order valence-corrected chi connectivity index (χ2v) is 6.71. The summed E-state index contributed by atoms with van der Waals surface area (Å²) in [5.74, 6) is 2.07. The summed E-state index contributed by atoms with van der Waals surface area (Å²) in [6, 6.07) is 7.70. The zero-order valence-electron chi connectivity index (χ0n) is 12.1. The van der Waals surface area contributed by atoms with Crippen LogP contribution in [0, 0.1) is 0 Å². The van der Waals surface area contributed by atoms with E-state index in [4.69, 9.17) is 5.11 Å². The van der Waals surface area contributed by atoms with Crippen LogP contribution in [0.5, 0.6) is 0 Å². The van der Waals surface area contributed by atoms with Crippen molar-refractivity contribution < 1.29 is 14.7 Å². The lowest BCUT2D eigenvalue weighted by molar-refractivity contribution is -0.136. The first-order valence-corrected chi connectivity index (χ1v) is 9.19. The number of carboxylic acid groups (broad SMARTS) is 1. The Kier molecular flexibility index (Phi) is 9.01. The van der Waals surface area contributed by atoms with Crippen molar-refractivity contribution in [1.82, 2.24) is 0 Å². The molecule has 0 saturated heterocycles. The quantitative estimate of drug-likeness (QED) is 0.644. The van der Waals surface area contributed by atoms with Crippen molar-refractivity contribution in [3.05, 3.63) is 29.8 Å². The van der Waals surface area contributed by atoms with E-state index in [2.05, 4.69) is 12.2 Å². The van der Waals surface area contributed by atoms with Gasteiger partial charge in [0, 0.05) is 17.2 Å². The Morgan fingerprint density at radius 1 is 1.24 bits per heavy atom. The molecule has 0 atom stereocenters. The predicted molar refractivity (Wildman–Crippen MR) is 91.1 cm³/mol. The fraction of sp³-hybridized carbons (Fsp3) is 0.467. The third-order valence-electron chi connectivity index (χ3n) is 2.52. The standard InChI is InChI=1S/C15H21NO3S2/c1-2-7-20-11-14(17)16-13-5-3-4-12(9-13)10-21-8-6-15(18)19/h3-5,9H,2,6-8,10-11H2,1H3,(H,16,17)(H,18,19). The van der Waals surface area contributed by atoms with E-state index < -0.39 is 5.97 Å². The number of aliphatic carboxylic acids is 1. The maximum atomic E-state index is 11.7. The third-order valence-corrected chi connectivity index (χ3v) is 4.71. The maximum Gasteiger partial charge on any atom is 0.304 e.